The number of hydrogen-bond acceptors (Lipinski definition) is 2. The summed E-state index contributed by atoms with van der Waals surface area (Å²) in [6, 6.07) is 0. The molecule has 0 fully saturated rings. The average Bonchev–Trinajstić information content (AvgIpc) is 2.03. The maximum Gasteiger partial charge on any atom is 0.303 e. The lowest BCUT2D eigenvalue weighted by Gasteiger charge is -2.04. The monoisotopic (exact) mass is 180 g/mol. The number of allylic oxidation sites excluding steroid dienone is 4. The lowest BCUT2D eigenvalue weighted by atomic mass is 10.0. The molecule has 1 N–H and O–H groups in total. The third-order valence-corrected chi connectivity index (χ3v) is 1.85. The van der Waals surface area contributed by atoms with Gasteiger partial charge in [0.2, 0.25) is 0 Å². The van der Waals surface area contributed by atoms with Crippen LogP contribution in [0, 0.1) is 0 Å². The summed E-state index contributed by atoms with van der Waals surface area (Å²) < 4.78 is 0. The molecule has 1 rings (SSSR count). The molecule has 0 saturated carbocycles. The lowest BCUT2D eigenvalue weighted by molar-refractivity contribution is -0.137. The molecule has 0 aromatic rings. The Hall–Kier alpha value is -1.38. The largest absolute Gasteiger partial charge is 0.481 e. The van der Waals surface area contributed by atoms with Crippen LogP contribution >= 0.6 is 0 Å². The van der Waals surface area contributed by atoms with Crippen LogP contribution in [0.4, 0.5) is 0 Å². The summed E-state index contributed by atoms with van der Waals surface area (Å²) in [7, 11) is 0. The van der Waals surface area contributed by atoms with E-state index in [-0.39, 0.29) is 12.2 Å². The Morgan fingerprint density at radius 3 is 2.92 bits per heavy atom. The summed E-state index contributed by atoms with van der Waals surface area (Å²) in [4.78, 5) is 21.1. The normalized spacial score (nSPS) is 15.7. The van der Waals surface area contributed by atoms with Gasteiger partial charge in [-0.3, -0.25) is 9.59 Å². The standard InChI is InChI=1S/C10H12O3/c11-9-5-1-3-8(7-9)4-2-6-10(12)13/h1,3,7H,2,4-6H2,(H,12,13). The van der Waals surface area contributed by atoms with Gasteiger partial charge in [-0.15, -0.1) is 0 Å². The van der Waals surface area contributed by atoms with Crippen molar-refractivity contribution in [2.75, 3.05) is 0 Å². The highest BCUT2D eigenvalue weighted by Gasteiger charge is 2.04. The van der Waals surface area contributed by atoms with Crippen LogP contribution < -0.4 is 0 Å². The van der Waals surface area contributed by atoms with Crippen LogP contribution in [0.15, 0.2) is 23.8 Å². The van der Waals surface area contributed by atoms with Crippen LogP contribution in [-0.2, 0) is 9.59 Å². The third-order valence-electron chi connectivity index (χ3n) is 1.85. The number of carboxylic acids is 1. The highest BCUT2D eigenvalue weighted by molar-refractivity contribution is 5.93. The second-order valence-electron chi connectivity index (χ2n) is 3.04. The smallest absolute Gasteiger partial charge is 0.303 e. The predicted octanol–water partition coefficient (Wildman–Crippen LogP) is 1.70. The van der Waals surface area contributed by atoms with Gasteiger partial charge >= 0.3 is 5.97 Å². The van der Waals surface area contributed by atoms with Gasteiger partial charge in [-0.25, -0.2) is 0 Å². The molecule has 13 heavy (non-hydrogen) atoms. The van der Waals surface area contributed by atoms with Gasteiger partial charge in [-0.2, -0.15) is 0 Å². The van der Waals surface area contributed by atoms with Gasteiger partial charge in [0.15, 0.2) is 5.78 Å². The van der Waals surface area contributed by atoms with Crippen molar-refractivity contribution >= 4 is 11.8 Å². The number of carboxylic acid groups (broad SMARTS) is 1. The molecule has 0 unspecified atom stereocenters. The van der Waals surface area contributed by atoms with E-state index in [1.165, 1.54) is 0 Å². The van der Waals surface area contributed by atoms with Gasteiger partial charge in [0.05, 0.1) is 0 Å². The van der Waals surface area contributed by atoms with Crippen molar-refractivity contribution in [3.63, 3.8) is 0 Å². The first-order valence-electron chi connectivity index (χ1n) is 4.30. The Kier molecular flexibility index (Phi) is 3.43. The van der Waals surface area contributed by atoms with E-state index >= 15 is 0 Å². The number of rotatable bonds is 4. The molecule has 0 spiro atoms. The molecule has 0 bridgehead atoms. The molecule has 0 aromatic carbocycles. The van der Waals surface area contributed by atoms with Gasteiger partial charge < -0.3 is 5.11 Å². The van der Waals surface area contributed by atoms with Crippen LogP contribution in [0.5, 0.6) is 0 Å². The van der Waals surface area contributed by atoms with Gasteiger partial charge in [0.1, 0.15) is 0 Å². The molecule has 0 heterocycles. The van der Waals surface area contributed by atoms with Crippen molar-refractivity contribution in [1.29, 1.82) is 0 Å². The van der Waals surface area contributed by atoms with Crippen LogP contribution in [0.25, 0.3) is 0 Å². The Labute approximate surface area is 76.8 Å². The fraction of sp³-hybridized carbons (Fsp3) is 0.400. The van der Waals surface area contributed by atoms with E-state index in [9.17, 15) is 9.59 Å². The predicted molar refractivity (Wildman–Crippen MR) is 48.3 cm³/mol. The second-order valence-corrected chi connectivity index (χ2v) is 3.04. The SMILES string of the molecule is O=C(O)CCCC1=CC(=O)CC=C1. The molecule has 3 heteroatoms. The fourth-order valence-corrected chi connectivity index (χ4v) is 1.24. The molecule has 0 aromatic heterocycles. The molecule has 0 saturated heterocycles. The van der Waals surface area contributed by atoms with Crippen molar-refractivity contribution < 1.29 is 14.7 Å². The number of aliphatic carboxylic acids is 1. The van der Waals surface area contributed by atoms with E-state index in [1.54, 1.807) is 6.08 Å². The van der Waals surface area contributed by atoms with Crippen molar-refractivity contribution in [1.82, 2.24) is 0 Å². The molecule has 0 aliphatic heterocycles. The highest BCUT2D eigenvalue weighted by Crippen LogP contribution is 2.13. The van der Waals surface area contributed by atoms with Crippen LogP contribution in [0.2, 0.25) is 0 Å². The Bertz CT molecular complexity index is 274. The van der Waals surface area contributed by atoms with Crippen molar-refractivity contribution in [3.05, 3.63) is 23.8 Å². The molecular weight excluding hydrogens is 168 g/mol. The van der Waals surface area contributed by atoms with Gasteiger partial charge in [-0.05, 0) is 24.5 Å². The number of ketones is 1. The third kappa shape index (κ3) is 3.69. The summed E-state index contributed by atoms with van der Waals surface area (Å²) in [6.07, 6.45) is 7.22. The van der Waals surface area contributed by atoms with Crippen molar-refractivity contribution in [3.8, 4) is 0 Å². The van der Waals surface area contributed by atoms with E-state index in [2.05, 4.69) is 0 Å². The first-order valence-corrected chi connectivity index (χ1v) is 4.30. The Balaban J connectivity index is 2.32. The minimum atomic E-state index is -0.785. The van der Waals surface area contributed by atoms with E-state index in [1.807, 2.05) is 12.2 Å². The minimum Gasteiger partial charge on any atom is -0.481 e. The van der Waals surface area contributed by atoms with Crippen LogP contribution in [-0.4, -0.2) is 16.9 Å². The zero-order valence-corrected chi connectivity index (χ0v) is 7.32. The lowest BCUT2D eigenvalue weighted by Crippen LogP contribution is -1.99. The van der Waals surface area contributed by atoms with E-state index < -0.39 is 5.97 Å². The highest BCUT2D eigenvalue weighted by atomic mass is 16.4. The van der Waals surface area contributed by atoms with Gasteiger partial charge in [-0.1, -0.05) is 12.2 Å². The zero-order valence-electron chi connectivity index (χ0n) is 7.32. The van der Waals surface area contributed by atoms with Crippen LogP contribution in [0.3, 0.4) is 0 Å². The molecule has 0 radical (unpaired) electrons. The molecule has 0 atom stereocenters. The summed E-state index contributed by atoms with van der Waals surface area (Å²) >= 11 is 0. The number of hydrogen-bond donors (Lipinski definition) is 1. The summed E-state index contributed by atoms with van der Waals surface area (Å²) in [5.41, 5.74) is 0.942. The topological polar surface area (TPSA) is 54.4 Å². The molecule has 70 valence electrons. The molecule has 0 amide bonds. The summed E-state index contributed by atoms with van der Waals surface area (Å²) in [5, 5.41) is 8.39. The van der Waals surface area contributed by atoms with Crippen molar-refractivity contribution in [2.24, 2.45) is 0 Å². The average molecular weight is 180 g/mol. The summed E-state index contributed by atoms with van der Waals surface area (Å²) in [6.45, 7) is 0. The first kappa shape index (κ1) is 9.71. The van der Waals surface area contributed by atoms with Crippen LogP contribution in [0.1, 0.15) is 25.7 Å². The van der Waals surface area contributed by atoms with Gasteiger partial charge in [0.25, 0.3) is 0 Å². The molecule has 3 nitrogen and oxygen atoms in total. The van der Waals surface area contributed by atoms with E-state index in [0.29, 0.717) is 19.3 Å². The van der Waals surface area contributed by atoms with E-state index in [4.69, 9.17) is 5.11 Å². The zero-order chi connectivity index (χ0) is 9.68. The maximum atomic E-state index is 10.9. The number of carbonyl (C=O) groups is 2. The fourth-order valence-electron chi connectivity index (χ4n) is 1.24. The van der Waals surface area contributed by atoms with Crippen molar-refractivity contribution in [2.45, 2.75) is 25.7 Å². The van der Waals surface area contributed by atoms with Gasteiger partial charge in [0, 0.05) is 12.8 Å². The summed E-state index contributed by atoms with van der Waals surface area (Å²) in [5.74, 6) is -0.681. The minimum absolute atomic E-state index is 0.104. The molecular formula is C10H12O3. The second kappa shape index (κ2) is 4.60. The first-order chi connectivity index (χ1) is 6.18. The molecule has 1 aliphatic carbocycles. The molecule has 1 aliphatic rings. The van der Waals surface area contributed by atoms with E-state index in [0.717, 1.165) is 5.57 Å². The Morgan fingerprint density at radius 1 is 1.54 bits per heavy atom. The Morgan fingerprint density at radius 2 is 2.31 bits per heavy atom. The number of carbonyl (C=O) groups excluding carboxylic acids is 1. The quantitative estimate of drug-likeness (QED) is 0.716. The maximum absolute atomic E-state index is 10.9.